The number of hydrogen-bond donors (Lipinski definition) is 2. The molecule has 1 heterocycles. The molecule has 102 valence electrons. The average Bonchev–Trinajstić information content (AvgIpc) is 2.43. The second kappa shape index (κ2) is 5.57. The molecule has 0 radical (unpaired) electrons. The lowest BCUT2D eigenvalue weighted by molar-refractivity contribution is 0.614. The zero-order valence-corrected chi connectivity index (χ0v) is 11.3. The van der Waals surface area contributed by atoms with Gasteiger partial charge in [-0.1, -0.05) is 12.1 Å². The highest BCUT2D eigenvalue weighted by molar-refractivity contribution is 5.58. The van der Waals surface area contributed by atoms with E-state index in [0.29, 0.717) is 22.6 Å². The van der Waals surface area contributed by atoms with Crippen molar-refractivity contribution in [1.82, 2.24) is 4.98 Å². The Morgan fingerprint density at radius 3 is 2.80 bits per heavy atom. The van der Waals surface area contributed by atoms with Crippen molar-refractivity contribution in [3.05, 3.63) is 53.0 Å². The monoisotopic (exact) mass is 270 g/mol. The van der Waals surface area contributed by atoms with Gasteiger partial charge in [-0.05, 0) is 37.1 Å². The van der Waals surface area contributed by atoms with Gasteiger partial charge < -0.3 is 11.1 Å². The Kier molecular flexibility index (Phi) is 3.85. The van der Waals surface area contributed by atoms with Crippen LogP contribution >= 0.6 is 0 Å². The Bertz CT molecular complexity index is 676. The largest absolute Gasteiger partial charge is 0.397 e. The molecule has 1 unspecified atom stereocenters. The second-order valence-electron chi connectivity index (χ2n) is 4.65. The molecule has 0 aliphatic rings. The molecule has 5 heteroatoms. The number of benzene rings is 1. The van der Waals surface area contributed by atoms with Crippen molar-refractivity contribution in [3.8, 4) is 6.07 Å². The number of anilines is 2. The van der Waals surface area contributed by atoms with Crippen LogP contribution in [-0.2, 0) is 0 Å². The minimum atomic E-state index is -0.248. The van der Waals surface area contributed by atoms with Crippen LogP contribution in [0.1, 0.15) is 29.7 Å². The first-order valence-corrected chi connectivity index (χ1v) is 6.19. The van der Waals surface area contributed by atoms with Gasteiger partial charge in [-0.3, -0.25) is 0 Å². The molecule has 1 aromatic heterocycles. The molecular weight excluding hydrogens is 255 g/mol. The van der Waals surface area contributed by atoms with Gasteiger partial charge in [-0.15, -0.1) is 0 Å². The highest BCUT2D eigenvalue weighted by Gasteiger charge is 2.11. The number of aromatic nitrogens is 1. The van der Waals surface area contributed by atoms with Gasteiger partial charge in [-0.25, -0.2) is 9.37 Å². The summed E-state index contributed by atoms with van der Waals surface area (Å²) in [4.78, 5) is 4.10. The van der Waals surface area contributed by atoms with E-state index in [1.807, 2.05) is 19.1 Å². The number of nitrogens with one attached hydrogen (secondary N) is 1. The van der Waals surface area contributed by atoms with Crippen molar-refractivity contribution >= 4 is 11.5 Å². The Labute approximate surface area is 117 Å². The van der Waals surface area contributed by atoms with E-state index in [4.69, 9.17) is 11.0 Å². The van der Waals surface area contributed by atoms with Crippen molar-refractivity contribution < 1.29 is 4.39 Å². The van der Waals surface area contributed by atoms with E-state index in [0.717, 1.165) is 5.56 Å². The normalized spacial score (nSPS) is 11.7. The Morgan fingerprint density at radius 1 is 1.40 bits per heavy atom. The topological polar surface area (TPSA) is 74.7 Å². The molecule has 0 aliphatic carbocycles. The van der Waals surface area contributed by atoms with Gasteiger partial charge in [0, 0.05) is 0 Å². The lowest BCUT2D eigenvalue weighted by atomic mass is 10.1. The third-order valence-corrected chi connectivity index (χ3v) is 3.08. The summed E-state index contributed by atoms with van der Waals surface area (Å²) in [5.74, 6) is 0.192. The fourth-order valence-corrected chi connectivity index (χ4v) is 1.85. The molecule has 20 heavy (non-hydrogen) atoms. The van der Waals surface area contributed by atoms with Crippen LogP contribution in [0.5, 0.6) is 0 Å². The van der Waals surface area contributed by atoms with E-state index in [1.54, 1.807) is 19.1 Å². The standard InChI is InChI=1S/C15H15FN4/c1-9-3-4-11(6-14(9)16)10(2)20-15-12(7-17)5-13(18)8-19-15/h3-6,8,10H,18H2,1-2H3,(H,19,20). The molecule has 0 bridgehead atoms. The smallest absolute Gasteiger partial charge is 0.144 e. The first-order valence-electron chi connectivity index (χ1n) is 6.19. The Hall–Kier alpha value is -2.61. The van der Waals surface area contributed by atoms with E-state index >= 15 is 0 Å². The molecule has 4 nitrogen and oxygen atoms in total. The molecule has 2 rings (SSSR count). The third kappa shape index (κ3) is 2.86. The number of nitrogens with two attached hydrogens (primary N) is 1. The highest BCUT2D eigenvalue weighted by Crippen LogP contribution is 2.22. The third-order valence-electron chi connectivity index (χ3n) is 3.08. The van der Waals surface area contributed by atoms with Crippen molar-refractivity contribution in [3.63, 3.8) is 0 Å². The zero-order chi connectivity index (χ0) is 14.7. The molecule has 2 aromatic rings. The summed E-state index contributed by atoms with van der Waals surface area (Å²) in [6, 6.07) is 8.47. The molecule has 0 fully saturated rings. The molecule has 0 spiro atoms. The minimum Gasteiger partial charge on any atom is -0.397 e. The number of halogens is 1. The van der Waals surface area contributed by atoms with Crippen LogP contribution in [0.25, 0.3) is 0 Å². The number of hydrogen-bond acceptors (Lipinski definition) is 4. The van der Waals surface area contributed by atoms with Gasteiger partial charge in [0.2, 0.25) is 0 Å². The maximum atomic E-state index is 13.6. The first-order chi connectivity index (χ1) is 9.51. The maximum Gasteiger partial charge on any atom is 0.144 e. The van der Waals surface area contributed by atoms with Crippen LogP contribution in [0.15, 0.2) is 30.5 Å². The predicted octanol–water partition coefficient (Wildman–Crippen LogP) is 3.16. The Balaban J connectivity index is 2.25. The summed E-state index contributed by atoms with van der Waals surface area (Å²) < 4.78 is 13.6. The van der Waals surface area contributed by atoms with E-state index < -0.39 is 0 Å². The molecule has 1 aromatic carbocycles. The fraction of sp³-hybridized carbons (Fsp3) is 0.200. The number of rotatable bonds is 3. The summed E-state index contributed by atoms with van der Waals surface area (Å²) >= 11 is 0. The molecular formula is C15H15FN4. The van der Waals surface area contributed by atoms with Gasteiger partial charge in [-0.2, -0.15) is 5.26 Å². The molecule has 1 atom stereocenters. The lowest BCUT2D eigenvalue weighted by Crippen LogP contribution is -2.10. The van der Waals surface area contributed by atoms with E-state index in [-0.39, 0.29) is 11.9 Å². The highest BCUT2D eigenvalue weighted by atomic mass is 19.1. The van der Waals surface area contributed by atoms with Gasteiger partial charge in [0.05, 0.1) is 23.5 Å². The number of nitrogen functional groups attached to an aromatic ring is 1. The molecule has 0 saturated carbocycles. The first kappa shape index (κ1) is 13.8. The van der Waals surface area contributed by atoms with Gasteiger partial charge in [0.15, 0.2) is 0 Å². The molecule has 0 saturated heterocycles. The summed E-state index contributed by atoms with van der Waals surface area (Å²) in [7, 11) is 0. The van der Waals surface area contributed by atoms with E-state index in [2.05, 4.69) is 10.3 Å². The molecule has 0 amide bonds. The zero-order valence-electron chi connectivity index (χ0n) is 11.3. The van der Waals surface area contributed by atoms with Crippen LogP contribution in [0.3, 0.4) is 0 Å². The van der Waals surface area contributed by atoms with Crippen molar-refractivity contribution in [1.29, 1.82) is 5.26 Å². The van der Waals surface area contributed by atoms with E-state index in [9.17, 15) is 4.39 Å². The van der Waals surface area contributed by atoms with Crippen molar-refractivity contribution in [2.75, 3.05) is 11.1 Å². The van der Waals surface area contributed by atoms with Crippen LogP contribution in [0, 0.1) is 24.1 Å². The lowest BCUT2D eigenvalue weighted by Gasteiger charge is -2.16. The Morgan fingerprint density at radius 2 is 2.15 bits per heavy atom. The quantitative estimate of drug-likeness (QED) is 0.898. The summed E-state index contributed by atoms with van der Waals surface area (Å²) in [5.41, 5.74) is 7.78. The SMILES string of the molecule is Cc1ccc(C(C)Nc2ncc(N)cc2C#N)cc1F. The number of pyridine rings is 1. The summed E-state index contributed by atoms with van der Waals surface area (Å²) in [5, 5.41) is 12.2. The van der Waals surface area contributed by atoms with Gasteiger partial charge in [0.1, 0.15) is 17.7 Å². The predicted molar refractivity (Wildman–Crippen MR) is 76.5 cm³/mol. The summed E-state index contributed by atoms with van der Waals surface area (Å²) in [6.07, 6.45) is 1.48. The number of nitriles is 1. The van der Waals surface area contributed by atoms with Gasteiger partial charge in [0.25, 0.3) is 0 Å². The molecule has 3 N–H and O–H groups in total. The number of aryl methyl sites for hydroxylation is 1. The molecule has 0 aliphatic heterocycles. The van der Waals surface area contributed by atoms with Crippen LogP contribution in [0.2, 0.25) is 0 Å². The van der Waals surface area contributed by atoms with Gasteiger partial charge >= 0.3 is 0 Å². The van der Waals surface area contributed by atoms with Crippen LogP contribution in [-0.4, -0.2) is 4.98 Å². The maximum absolute atomic E-state index is 13.6. The van der Waals surface area contributed by atoms with E-state index in [1.165, 1.54) is 12.3 Å². The van der Waals surface area contributed by atoms with Crippen LogP contribution in [0.4, 0.5) is 15.9 Å². The summed E-state index contributed by atoms with van der Waals surface area (Å²) in [6.45, 7) is 3.59. The average molecular weight is 270 g/mol. The van der Waals surface area contributed by atoms with Crippen molar-refractivity contribution in [2.45, 2.75) is 19.9 Å². The number of nitrogens with zero attached hydrogens (tertiary/aromatic N) is 2. The fourth-order valence-electron chi connectivity index (χ4n) is 1.85. The second-order valence-corrected chi connectivity index (χ2v) is 4.65. The minimum absolute atomic E-state index is 0.173. The van der Waals surface area contributed by atoms with Crippen LogP contribution < -0.4 is 11.1 Å². The van der Waals surface area contributed by atoms with Crippen molar-refractivity contribution in [2.24, 2.45) is 0 Å².